The summed E-state index contributed by atoms with van der Waals surface area (Å²) in [5.41, 5.74) is -1.06. The largest absolute Gasteiger partial charge is 0.377 e. The molecule has 3 rings (SSSR count). The first-order valence-electron chi connectivity index (χ1n) is 7.78. The minimum atomic E-state index is -0.547. The number of fused-ring (bicyclic) bond motifs is 1. The van der Waals surface area contributed by atoms with Gasteiger partial charge < -0.3 is 9.64 Å². The minimum Gasteiger partial charge on any atom is -0.377 e. The van der Waals surface area contributed by atoms with Crippen LogP contribution in [0.25, 0.3) is 0 Å². The number of nitrogens with zero attached hydrogens (tertiary/aromatic N) is 4. The van der Waals surface area contributed by atoms with E-state index in [4.69, 9.17) is 4.74 Å². The fourth-order valence-electron chi connectivity index (χ4n) is 4.56. The first-order chi connectivity index (χ1) is 10.7. The van der Waals surface area contributed by atoms with Gasteiger partial charge in [-0.1, -0.05) is 13.8 Å². The fraction of sp³-hybridized carbons (Fsp3) is 0.688. The second-order valence-corrected chi connectivity index (χ2v) is 7.14. The second-order valence-electron chi connectivity index (χ2n) is 7.14. The molecule has 124 valence electrons. The first-order valence-corrected chi connectivity index (χ1v) is 7.78. The van der Waals surface area contributed by atoms with E-state index >= 15 is 0 Å². The van der Waals surface area contributed by atoms with Crippen molar-refractivity contribution in [1.82, 2.24) is 9.13 Å². The third kappa shape index (κ3) is 1.91. The Morgan fingerprint density at radius 3 is 2.57 bits per heavy atom. The highest BCUT2D eigenvalue weighted by molar-refractivity contribution is 5.55. The molecule has 0 bridgehead atoms. The van der Waals surface area contributed by atoms with Crippen molar-refractivity contribution >= 4 is 5.82 Å². The average molecular weight is 318 g/mol. The molecule has 7 nitrogen and oxygen atoms in total. The van der Waals surface area contributed by atoms with Crippen LogP contribution in [0.2, 0.25) is 0 Å². The zero-order valence-corrected chi connectivity index (χ0v) is 14.2. The van der Waals surface area contributed by atoms with Crippen molar-refractivity contribution in [2.75, 3.05) is 18.6 Å². The van der Waals surface area contributed by atoms with E-state index in [0.29, 0.717) is 11.7 Å². The van der Waals surface area contributed by atoms with Crippen molar-refractivity contribution < 1.29 is 4.74 Å². The molecule has 0 spiro atoms. The molecule has 1 aliphatic heterocycles. The van der Waals surface area contributed by atoms with Gasteiger partial charge in [-0.25, -0.2) is 4.79 Å². The van der Waals surface area contributed by atoms with Gasteiger partial charge in [0.2, 0.25) is 0 Å². The van der Waals surface area contributed by atoms with Crippen molar-refractivity contribution in [1.29, 1.82) is 5.26 Å². The molecule has 2 heterocycles. The Morgan fingerprint density at radius 1 is 1.30 bits per heavy atom. The van der Waals surface area contributed by atoms with Crippen LogP contribution in [0, 0.1) is 22.7 Å². The topological polar surface area (TPSA) is 80.3 Å². The van der Waals surface area contributed by atoms with Crippen LogP contribution in [0.5, 0.6) is 0 Å². The van der Waals surface area contributed by atoms with Crippen molar-refractivity contribution in [2.24, 2.45) is 25.4 Å². The van der Waals surface area contributed by atoms with Crippen LogP contribution in [0.1, 0.15) is 25.8 Å². The Bertz CT molecular complexity index is 814. The summed E-state index contributed by atoms with van der Waals surface area (Å²) >= 11 is 0. The maximum absolute atomic E-state index is 12.3. The van der Waals surface area contributed by atoms with Gasteiger partial charge in [0.25, 0.3) is 5.56 Å². The summed E-state index contributed by atoms with van der Waals surface area (Å²) in [6.07, 6.45) is 1.16. The Kier molecular flexibility index (Phi) is 3.41. The maximum Gasteiger partial charge on any atom is 0.332 e. The molecule has 1 aliphatic carbocycles. The third-order valence-corrected chi connectivity index (χ3v) is 5.54. The molecule has 2 aliphatic rings. The summed E-state index contributed by atoms with van der Waals surface area (Å²) in [6, 6.07) is 2.10. The lowest BCUT2D eigenvalue weighted by Crippen LogP contribution is -2.67. The molecule has 2 fully saturated rings. The fourth-order valence-corrected chi connectivity index (χ4v) is 4.56. The average Bonchev–Trinajstić information content (AvgIpc) is 2.94. The van der Waals surface area contributed by atoms with Crippen LogP contribution < -0.4 is 16.1 Å². The lowest BCUT2D eigenvalue weighted by atomic mass is 9.57. The summed E-state index contributed by atoms with van der Waals surface area (Å²) in [5.74, 6) is 0.754. The van der Waals surface area contributed by atoms with Gasteiger partial charge in [0, 0.05) is 45.1 Å². The highest BCUT2D eigenvalue weighted by Gasteiger charge is 2.61. The zero-order valence-electron chi connectivity index (χ0n) is 14.2. The molecule has 1 aromatic heterocycles. The Balaban J connectivity index is 2.15. The molecule has 7 heteroatoms. The van der Waals surface area contributed by atoms with Gasteiger partial charge in [0.05, 0.1) is 6.10 Å². The predicted octanol–water partition coefficient (Wildman–Crippen LogP) is 0.205. The monoisotopic (exact) mass is 318 g/mol. The van der Waals surface area contributed by atoms with Gasteiger partial charge in [-0.15, -0.1) is 0 Å². The molecule has 0 amide bonds. The lowest BCUT2D eigenvalue weighted by molar-refractivity contribution is -0.101. The van der Waals surface area contributed by atoms with Crippen molar-refractivity contribution in [2.45, 2.75) is 32.4 Å². The summed E-state index contributed by atoms with van der Waals surface area (Å²) in [7, 11) is 4.85. The Labute approximate surface area is 134 Å². The lowest BCUT2D eigenvalue weighted by Gasteiger charge is -2.58. The molecule has 1 saturated heterocycles. The van der Waals surface area contributed by atoms with E-state index in [-0.39, 0.29) is 23.1 Å². The normalized spacial score (nSPS) is 27.9. The summed E-state index contributed by atoms with van der Waals surface area (Å²) < 4.78 is 8.17. The van der Waals surface area contributed by atoms with Gasteiger partial charge in [0.15, 0.2) is 5.56 Å². The van der Waals surface area contributed by atoms with Gasteiger partial charge in [0.1, 0.15) is 11.9 Å². The number of hydrogen-bond acceptors (Lipinski definition) is 5. The van der Waals surface area contributed by atoms with E-state index in [1.54, 1.807) is 7.05 Å². The molecule has 3 unspecified atom stereocenters. The number of rotatable bonds is 2. The van der Waals surface area contributed by atoms with E-state index in [9.17, 15) is 14.9 Å². The Hall–Kier alpha value is -2.07. The number of ether oxygens (including phenoxy) is 1. The highest BCUT2D eigenvalue weighted by Crippen LogP contribution is 2.54. The molecular weight excluding hydrogens is 296 g/mol. The van der Waals surface area contributed by atoms with Gasteiger partial charge >= 0.3 is 5.69 Å². The predicted molar refractivity (Wildman–Crippen MR) is 85.5 cm³/mol. The summed E-state index contributed by atoms with van der Waals surface area (Å²) in [5, 5.41) is 9.45. The van der Waals surface area contributed by atoms with Gasteiger partial charge in [-0.05, 0) is 6.42 Å². The maximum atomic E-state index is 12.3. The van der Waals surface area contributed by atoms with Crippen LogP contribution in [0.15, 0.2) is 9.59 Å². The molecule has 0 radical (unpaired) electrons. The second kappa shape index (κ2) is 4.96. The number of nitriles is 1. The van der Waals surface area contributed by atoms with Crippen LogP contribution in [0.3, 0.4) is 0 Å². The molecular formula is C16H22N4O3. The number of aromatic nitrogens is 2. The molecule has 23 heavy (non-hydrogen) atoms. The number of hydrogen-bond donors (Lipinski definition) is 0. The molecule has 1 saturated carbocycles. The van der Waals surface area contributed by atoms with E-state index in [2.05, 4.69) is 13.8 Å². The van der Waals surface area contributed by atoms with E-state index < -0.39 is 11.2 Å². The van der Waals surface area contributed by atoms with E-state index in [1.165, 1.54) is 11.6 Å². The molecule has 1 aromatic rings. The molecule has 0 N–H and O–H groups in total. The van der Waals surface area contributed by atoms with Gasteiger partial charge in [-0.2, -0.15) is 5.26 Å². The minimum absolute atomic E-state index is 0.00950. The smallest absolute Gasteiger partial charge is 0.332 e. The van der Waals surface area contributed by atoms with Gasteiger partial charge in [-0.3, -0.25) is 13.9 Å². The van der Waals surface area contributed by atoms with Crippen LogP contribution in [-0.2, 0) is 18.8 Å². The summed E-state index contributed by atoms with van der Waals surface area (Å²) in [6.45, 7) is 5.00. The quantitative estimate of drug-likeness (QED) is 0.778. The zero-order chi connectivity index (χ0) is 17.1. The van der Waals surface area contributed by atoms with E-state index in [1.807, 2.05) is 18.0 Å². The van der Waals surface area contributed by atoms with Crippen molar-refractivity contribution in [3.05, 3.63) is 26.4 Å². The SMILES string of the molecule is CN(c1c(C#N)c(=O)n(C)c(=O)n1C)C1C2CCOC2C1(C)C. The van der Waals surface area contributed by atoms with Crippen LogP contribution >= 0.6 is 0 Å². The van der Waals surface area contributed by atoms with Crippen LogP contribution in [-0.4, -0.2) is 34.9 Å². The number of anilines is 1. The van der Waals surface area contributed by atoms with E-state index in [0.717, 1.165) is 17.6 Å². The van der Waals surface area contributed by atoms with Crippen LogP contribution in [0.4, 0.5) is 5.82 Å². The standard InChI is InChI=1S/C16H22N4O3/c1-16(2)11(9-6-7-23-12(9)16)18(3)13-10(8-17)14(21)20(5)15(22)19(13)4/h9,11-12H,6-7H2,1-5H3. The van der Waals surface area contributed by atoms with Crippen molar-refractivity contribution in [3.8, 4) is 6.07 Å². The third-order valence-electron chi connectivity index (χ3n) is 5.54. The van der Waals surface area contributed by atoms with Crippen molar-refractivity contribution in [3.63, 3.8) is 0 Å². The molecule has 0 aromatic carbocycles. The first kappa shape index (κ1) is 15.8. The molecule has 3 atom stereocenters. The Morgan fingerprint density at radius 2 is 1.96 bits per heavy atom. The summed E-state index contributed by atoms with van der Waals surface area (Å²) in [4.78, 5) is 26.5. The highest BCUT2D eigenvalue weighted by atomic mass is 16.5.